The fourth-order valence-electron chi connectivity index (χ4n) is 3.42. The summed E-state index contributed by atoms with van der Waals surface area (Å²) in [7, 11) is 0. The van der Waals surface area contributed by atoms with E-state index in [1.54, 1.807) is 0 Å². The van der Waals surface area contributed by atoms with Crippen LogP contribution >= 0.6 is 0 Å². The van der Waals surface area contributed by atoms with Gasteiger partial charge >= 0.3 is 0 Å². The first-order valence-corrected chi connectivity index (χ1v) is 8.33. The van der Waals surface area contributed by atoms with Gasteiger partial charge < -0.3 is 0 Å². The second kappa shape index (κ2) is 6.52. The molecule has 118 valence electrons. The first kappa shape index (κ1) is 15.7. The molecule has 1 saturated heterocycles. The molecular weight excluding hydrogens is 282 g/mol. The van der Waals surface area contributed by atoms with Crippen molar-refractivity contribution in [1.29, 1.82) is 5.26 Å². The first-order chi connectivity index (χ1) is 11.1. The van der Waals surface area contributed by atoms with Crippen molar-refractivity contribution in [2.24, 2.45) is 0 Å². The van der Waals surface area contributed by atoms with Crippen molar-refractivity contribution < 1.29 is 0 Å². The summed E-state index contributed by atoms with van der Waals surface area (Å²) >= 11 is 0. The maximum absolute atomic E-state index is 9.17. The Kier molecular flexibility index (Phi) is 4.45. The van der Waals surface area contributed by atoms with Crippen LogP contribution in [0.4, 0.5) is 0 Å². The van der Waals surface area contributed by atoms with E-state index in [-0.39, 0.29) is 0 Å². The number of aryl methyl sites for hydroxylation is 2. The summed E-state index contributed by atoms with van der Waals surface area (Å²) in [6.07, 6.45) is 2.63. The second-order valence-electron chi connectivity index (χ2n) is 6.44. The SMILES string of the molecule is Cc1cc(-c2ccc([C@H](C)N3CCCC3)cc2)nc(C)c1C#N. The monoisotopic (exact) mass is 305 g/mol. The predicted molar refractivity (Wildman–Crippen MR) is 93.1 cm³/mol. The number of nitriles is 1. The molecule has 1 aromatic heterocycles. The molecule has 2 aromatic rings. The van der Waals surface area contributed by atoms with Crippen LogP contribution in [-0.4, -0.2) is 23.0 Å². The Labute approximate surface area is 138 Å². The van der Waals surface area contributed by atoms with Gasteiger partial charge in [0.2, 0.25) is 0 Å². The van der Waals surface area contributed by atoms with Crippen molar-refractivity contribution in [3.63, 3.8) is 0 Å². The molecular formula is C20H23N3. The van der Waals surface area contributed by atoms with Crippen LogP contribution < -0.4 is 0 Å². The Morgan fingerprint density at radius 3 is 2.35 bits per heavy atom. The van der Waals surface area contributed by atoms with Crippen molar-refractivity contribution in [2.75, 3.05) is 13.1 Å². The van der Waals surface area contributed by atoms with Crippen LogP contribution in [0.25, 0.3) is 11.3 Å². The van der Waals surface area contributed by atoms with Gasteiger partial charge in [0.15, 0.2) is 0 Å². The van der Waals surface area contributed by atoms with Crippen molar-refractivity contribution in [1.82, 2.24) is 9.88 Å². The highest BCUT2D eigenvalue weighted by molar-refractivity contribution is 5.62. The average Bonchev–Trinajstić information content (AvgIpc) is 3.08. The van der Waals surface area contributed by atoms with Crippen molar-refractivity contribution in [3.05, 3.63) is 52.7 Å². The normalized spacial score (nSPS) is 16.3. The van der Waals surface area contributed by atoms with Crippen molar-refractivity contribution >= 4 is 0 Å². The summed E-state index contributed by atoms with van der Waals surface area (Å²) < 4.78 is 0. The fourth-order valence-corrected chi connectivity index (χ4v) is 3.42. The topological polar surface area (TPSA) is 39.9 Å². The van der Waals surface area contributed by atoms with Crippen LogP contribution in [0.15, 0.2) is 30.3 Å². The number of pyridine rings is 1. The molecule has 0 bridgehead atoms. The predicted octanol–water partition coefficient (Wildman–Crippen LogP) is 4.39. The molecule has 0 N–H and O–H groups in total. The minimum atomic E-state index is 0.476. The van der Waals surface area contributed by atoms with E-state index in [4.69, 9.17) is 5.26 Å². The Hall–Kier alpha value is -2.18. The van der Waals surface area contributed by atoms with Gasteiger partial charge in [-0.15, -0.1) is 0 Å². The van der Waals surface area contributed by atoms with E-state index in [1.807, 2.05) is 19.9 Å². The summed E-state index contributed by atoms with van der Waals surface area (Å²) in [6.45, 7) is 8.57. The van der Waals surface area contributed by atoms with Gasteiger partial charge in [-0.3, -0.25) is 9.88 Å². The summed E-state index contributed by atoms with van der Waals surface area (Å²) in [5.41, 5.74) is 5.89. The van der Waals surface area contributed by atoms with Gasteiger partial charge in [0, 0.05) is 11.6 Å². The number of hydrogen-bond acceptors (Lipinski definition) is 3. The molecule has 0 amide bonds. The maximum Gasteiger partial charge on any atom is 0.101 e. The molecule has 0 unspecified atom stereocenters. The highest BCUT2D eigenvalue weighted by Crippen LogP contribution is 2.27. The van der Waals surface area contributed by atoms with Crippen molar-refractivity contribution in [3.8, 4) is 17.3 Å². The molecule has 1 fully saturated rings. The molecule has 3 rings (SSSR count). The van der Waals surface area contributed by atoms with Gasteiger partial charge in [-0.1, -0.05) is 24.3 Å². The minimum Gasteiger partial charge on any atom is -0.297 e. The fraction of sp³-hybridized carbons (Fsp3) is 0.400. The molecule has 1 aliphatic rings. The molecule has 0 spiro atoms. The lowest BCUT2D eigenvalue weighted by Gasteiger charge is -2.24. The average molecular weight is 305 g/mol. The van der Waals surface area contributed by atoms with Crippen LogP contribution in [0.2, 0.25) is 0 Å². The van der Waals surface area contributed by atoms with Crippen LogP contribution in [0, 0.1) is 25.2 Å². The smallest absolute Gasteiger partial charge is 0.101 e. The Bertz CT molecular complexity index is 711. The van der Waals surface area contributed by atoms with Crippen molar-refractivity contribution in [2.45, 2.75) is 39.7 Å². The third kappa shape index (κ3) is 3.13. The highest BCUT2D eigenvalue weighted by Gasteiger charge is 2.19. The van der Waals surface area contributed by atoms with E-state index in [0.29, 0.717) is 11.6 Å². The number of hydrogen-bond donors (Lipinski definition) is 0. The molecule has 0 radical (unpaired) electrons. The van der Waals surface area contributed by atoms with Crippen LogP contribution in [0.1, 0.15) is 48.2 Å². The number of likely N-dealkylation sites (tertiary alicyclic amines) is 1. The van der Waals surface area contributed by atoms with Gasteiger partial charge in [-0.05, 0) is 63.9 Å². The van der Waals surface area contributed by atoms with E-state index in [1.165, 1.54) is 31.5 Å². The molecule has 1 atom stereocenters. The van der Waals surface area contributed by atoms with Gasteiger partial charge in [0.25, 0.3) is 0 Å². The van der Waals surface area contributed by atoms with Crippen LogP contribution in [0.5, 0.6) is 0 Å². The lowest BCUT2D eigenvalue weighted by Crippen LogP contribution is -2.23. The molecule has 3 nitrogen and oxygen atoms in total. The summed E-state index contributed by atoms with van der Waals surface area (Å²) in [4.78, 5) is 7.14. The van der Waals surface area contributed by atoms with E-state index >= 15 is 0 Å². The van der Waals surface area contributed by atoms with Gasteiger partial charge in [-0.25, -0.2) is 0 Å². The number of nitrogens with zero attached hydrogens (tertiary/aromatic N) is 3. The van der Waals surface area contributed by atoms with Crippen LogP contribution in [0.3, 0.4) is 0 Å². The molecule has 1 aromatic carbocycles. The summed E-state index contributed by atoms with van der Waals surface area (Å²) in [6, 6.07) is 13.4. The molecule has 0 saturated carbocycles. The lowest BCUT2D eigenvalue weighted by atomic mass is 10.0. The zero-order valence-corrected chi connectivity index (χ0v) is 14.1. The quantitative estimate of drug-likeness (QED) is 0.844. The third-order valence-electron chi connectivity index (χ3n) is 4.89. The van der Waals surface area contributed by atoms with E-state index in [2.05, 4.69) is 47.1 Å². The number of rotatable bonds is 3. The standard InChI is InChI=1S/C20H23N3/c1-14-12-20(22-15(2)19(14)13-21)18-8-6-17(7-9-18)16(3)23-10-4-5-11-23/h6-9,12,16H,4-5,10-11H2,1-3H3/t16-/m0/s1. The number of aromatic nitrogens is 1. The van der Waals surface area contributed by atoms with Gasteiger partial charge in [0.05, 0.1) is 17.0 Å². The third-order valence-corrected chi connectivity index (χ3v) is 4.89. The Balaban J connectivity index is 1.86. The molecule has 23 heavy (non-hydrogen) atoms. The first-order valence-electron chi connectivity index (χ1n) is 8.33. The summed E-state index contributed by atoms with van der Waals surface area (Å²) in [5, 5.41) is 9.17. The van der Waals surface area contributed by atoms with Gasteiger partial charge in [-0.2, -0.15) is 5.26 Å². The Morgan fingerprint density at radius 2 is 1.78 bits per heavy atom. The van der Waals surface area contributed by atoms with E-state index in [0.717, 1.165) is 22.5 Å². The number of benzene rings is 1. The minimum absolute atomic E-state index is 0.476. The van der Waals surface area contributed by atoms with Crippen LogP contribution in [-0.2, 0) is 0 Å². The van der Waals surface area contributed by atoms with Gasteiger partial charge in [0.1, 0.15) is 6.07 Å². The zero-order chi connectivity index (χ0) is 16.4. The molecule has 3 heteroatoms. The highest BCUT2D eigenvalue weighted by atomic mass is 15.2. The zero-order valence-electron chi connectivity index (χ0n) is 14.1. The second-order valence-corrected chi connectivity index (χ2v) is 6.44. The lowest BCUT2D eigenvalue weighted by molar-refractivity contribution is 0.263. The molecule has 2 heterocycles. The largest absolute Gasteiger partial charge is 0.297 e. The molecule has 0 aliphatic carbocycles. The van der Waals surface area contributed by atoms with E-state index in [9.17, 15) is 0 Å². The Morgan fingerprint density at radius 1 is 1.13 bits per heavy atom. The maximum atomic E-state index is 9.17. The summed E-state index contributed by atoms with van der Waals surface area (Å²) in [5.74, 6) is 0. The van der Waals surface area contributed by atoms with E-state index < -0.39 is 0 Å². The molecule has 1 aliphatic heterocycles.